The van der Waals surface area contributed by atoms with Gasteiger partial charge in [0.05, 0.1) is 61.7 Å². The number of rotatable bonds is 20. The number of nitrogens with zero attached hydrogens (tertiary/aromatic N) is 4. The molecule has 1 spiro atoms. The third-order valence-electron chi connectivity index (χ3n) is 13.0. The van der Waals surface area contributed by atoms with Crippen molar-refractivity contribution < 1.29 is 47.8 Å². The van der Waals surface area contributed by atoms with Crippen LogP contribution < -0.4 is 26.6 Å². The first-order chi connectivity index (χ1) is 33.3. The molecule has 3 aliphatic heterocycles. The number of nitrogens with one attached hydrogen (secondary N) is 5. The summed E-state index contributed by atoms with van der Waals surface area (Å²) >= 11 is 0. The second kappa shape index (κ2) is 21.5. The van der Waals surface area contributed by atoms with Gasteiger partial charge in [0.15, 0.2) is 0 Å². The summed E-state index contributed by atoms with van der Waals surface area (Å²) in [6, 6.07) is 22.6. The summed E-state index contributed by atoms with van der Waals surface area (Å²) in [5, 5.41) is 13.7. The number of aromatic nitrogens is 1. The van der Waals surface area contributed by atoms with E-state index in [1.54, 1.807) is 31.1 Å². The molecule has 4 aliphatic rings. The molecule has 2 fully saturated rings. The van der Waals surface area contributed by atoms with Crippen LogP contribution in [-0.4, -0.2) is 133 Å². The fourth-order valence-electron chi connectivity index (χ4n) is 9.30. The number of carbonyl (C=O) groups excluding carboxylic acids is 8. The molecule has 1 unspecified atom stereocenters. The standard InChI is InChI=1S/C50H57N9O10/c1-56(2)47(65)34-11-7-33(8-12-34)31-57-23-24-58-38(15-17-40(58)50(57)20-4-21-50)45(63)52-29-32-9-13-35(14-10-32)53-42(61)19-25-68-27-28-69-26-22-51-30-43(62)54-37-6-3-5-36-44(37)49(67)59(48(36)66)39-16-18-41(60)55-46(39)64/h3,5-15,17,39,51H,4,16,18-31H2,1-2H3,(H,52,63)(H,53,61)(H,54,62)(H,55,60,64). The SMILES string of the molecule is CN(C)C(=O)c1ccc(CN2CCn3c(C(=O)NCc4ccc(NC(=O)CCOCCOCCNCC(=O)Nc5cccc6c5C(=O)N(C5CCC(=O)NC5=O)C6=O)cc4)ccc3C23CCC3)cc1. The van der Waals surface area contributed by atoms with Crippen molar-refractivity contribution in [2.75, 3.05) is 70.8 Å². The molecule has 1 atom stereocenters. The van der Waals surface area contributed by atoms with Crippen molar-refractivity contribution in [2.24, 2.45) is 0 Å². The highest BCUT2D eigenvalue weighted by Crippen LogP contribution is 2.49. The van der Waals surface area contributed by atoms with Gasteiger partial charge in [-0.1, -0.05) is 30.3 Å². The van der Waals surface area contributed by atoms with Crippen LogP contribution in [0.25, 0.3) is 0 Å². The van der Waals surface area contributed by atoms with Crippen molar-refractivity contribution in [1.82, 2.24) is 35.2 Å². The van der Waals surface area contributed by atoms with Crippen molar-refractivity contribution >= 4 is 58.6 Å². The van der Waals surface area contributed by atoms with Crippen LogP contribution in [0.2, 0.25) is 0 Å². The Bertz CT molecular complexity index is 2620. The van der Waals surface area contributed by atoms with E-state index >= 15 is 0 Å². The number of ether oxygens (including phenoxy) is 2. The lowest BCUT2D eigenvalue weighted by atomic mass is 9.71. The molecular weight excluding hydrogens is 887 g/mol. The molecule has 3 aromatic carbocycles. The van der Waals surface area contributed by atoms with E-state index in [0.717, 1.165) is 48.4 Å². The number of hydrogen-bond acceptors (Lipinski definition) is 12. The Balaban J connectivity index is 0.684. The highest BCUT2D eigenvalue weighted by Gasteiger charge is 2.49. The van der Waals surface area contributed by atoms with Crippen molar-refractivity contribution in [3.05, 3.63) is 118 Å². The number of anilines is 2. The molecule has 0 bridgehead atoms. The maximum atomic E-state index is 13.5. The van der Waals surface area contributed by atoms with Gasteiger partial charge in [0, 0.05) is 70.2 Å². The molecule has 8 amide bonds. The molecule has 362 valence electrons. The number of benzene rings is 3. The van der Waals surface area contributed by atoms with Crippen molar-refractivity contribution in [3.8, 4) is 0 Å². The molecule has 1 saturated heterocycles. The van der Waals surface area contributed by atoms with Crippen LogP contribution in [0.4, 0.5) is 11.4 Å². The second-order valence-corrected chi connectivity index (χ2v) is 17.8. The number of imide groups is 2. The molecule has 5 N–H and O–H groups in total. The Hall–Kier alpha value is -7.06. The van der Waals surface area contributed by atoms with Crippen LogP contribution in [-0.2, 0) is 53.8 Å². The minimum Gasteiger partial charge on any atom is -0.379 e. The lowest BCUT2D eigenvalue weighted by Gasteiger charge is -2.53. The fourth-order valence-corrected chi connectivity index (χ4v) is 9.30. The first kappa shape index (κ1) is 48.4. The lowest BCUT2D eigenvalue weighted by Crippen LogP contribution is -2.56. The lowest BCUT2D eigenvalue weighted by molar-refractivity contribution is -0.136. The van der Waals surface area contributed by atoms with E-state index in [4.69, 9.17) is 9.47 Å². The molecule has 19 heteroatoms. The summed E-state index contributed by atoms with van der Waals surface area (Å²) in [5.41, 5.74) is 5.26. The predicted octanol–water partition coefficient (Wildman–Crippen LogP) is 3.01. The number of piperidine rings is 1. The van der Waals surface area contributed by atoms with Crippen molar-refractivity contribution in [2.45, 2.75) is 69.7 Å². The Morgan fingerprint density at radius 2 is 1.54 bits per heavy atom. The molecule has 19 nitrogen and oxygen atoms in total. The zero-order valence-corrected chi connectivity index (χ0v) is 38.8. The third-order valence-corrected chi connectivity index (χ3v) is 13.0. The number of hydrogen-bond donors (Lipinski definition) is 5. The van der Waals surface area contributed by atoms with Crippen LogP contribution in [0.5, 0.6) is 0 Å². The zero-order valence-electron chi connectivity index (χ0n) is 38.8. The van der Waals surface area contributed by atoms with Crippen LogP contribution in [0.3, 0.4) is 0 Å². The summed E-state index contributed by atoms with van der Waals surface area (Å²) in [6.45, 7) is 3.86. The van der Waals surface area contributed by atoms with E-state index in [-0.39, 0.29) is 92.3 Å². The van der Waals surface area contributed by atoms with Gasteiger partial charge in [-0.25, -0.2) is 0 Å². The van der Waals surface area contributed by atoms with E-state index in [0.29, 0.717) is 36.6 Å². The van der Waals surface area contributed by atoms with Gasteiger partial charge in [0.25, 0.3) is 23.6 Å². The zero-order chi connectivity index (χ0) is 48.7. The summed E-state index contributed by atoms with van der Waals surface area (Å²) in [4.78, 5) is 106. The molecule has 0 radical (unpaired) electrons. The Labute approximate surface area is 399 Å². The van der Waals surface area contributed by atoms with E-state index in [2.05, 4.69) is 42.1 Å². The van der Waals surface area contributed by atoms with Gasteiger partial charge < -0.3 is 40.2 Å². The molecule has 69 heavy (non-hydrogen) atoms. The van der Waals surface area contributed by atoms with E-state index in [1.807, 2.05) is 42.5 Å². The maximum absolute atomic E-state index is 13.5. The monoisotopic (exact) mass is 943 g/mol. The summed E-state index contributed by atoms with van der Waals surface area (Å²) in [7, 11) is 3.50. The van der Waals surface area contributed by atoms with Crippen molar-refractivity contribution in [3.63, 3.8) is 0 Å². The number of fused-ring (bicyclic) bond motifs is 3. The number of amides is 8. The van der Waals surface area contributed by atoms with E-state index in [9.17, 15) is 38.4 Å². The molecule has 1 aliphatic carbocycles. The highest BCUT2D eigenvalue weighted by atomic mass is 16.5. The minimum absolute atomic E-state index is 0.00157. The topological polar surface area (TPSA) is 230 Å². The van der Waals surface area contributed by atoms with Crippen LogP contribution in [0.1, 0.15) is 96.9 Å². The normalized spacial score (nSPS) is 17.2. The molecule has 4 heterocycles. The smallest absolute Gasteiger partial charge is 0.268 e. The van der Waals surface area contributed by atoms with Gasteiger partial charge in [-0.05, 0) is 85.3 Å². The summed E-state index contributed by atoms with van der Waals surface area (Å²) in [5.74, 6) is -3.38. The Morgan fingerprint density at radius 3 is 2.25 bits per heavy atom. The Morgan fingerprint density at radius 1 is 0.797 bits per heavy atom. The fraction of sp³-hybridized carbons (Fsp3) is 0.400. The van der Waals surface area contributed by atoms with E-state index in [1.165, 1.54) is 23.9 Å². The van der Waals surface area contributed by atoms with Crippen LogP contribution in [0, 0.1) is 0 Å². The molecule has 4 aromatic rings. The first-order valence-corrected chi connectivity index (χ1v) is 23.3. The van der Waals surface area contributed by atoms with Gasteiger partial charge in [-0.15, -0.1) is 0 Å². The number of carbonyl (C=O) groups is 8. The molecular formula is C50H57N9O10. The minimum atomic E-state index is -1.11. The summed E-state index contributed by atoms with van der Waals surface area (Å²) in [6.07, 6.45) is 3.36. The van der Waals surface area contributed by atoms with Crippen LogP contribution >= 0.6 is 0 Å². The summed E-state index contributed by atoms with van der Waals surface area (Å²) < 4.78 is 13.3. The predicted molar refractivity (Wildman–Crippen MR) is 252 cm³/mol. The first-order valence-electron chi connectivity index (χ1n) is 23.3. The van der Waals surface area contributed by atoms with Gasteiger partial charge in [0.2, 0.25) is 23.6 Å². The van der Waals surface area contributed by atoms with E-state index < -0.39 is 35.6 Å². The van der Waals surface area contributed by atoms with Gasteiger partial charge >= 0.3 is 0 Å². The van der Waals surface area contributed by atoms with Gasteiger partial charge in [-0.2, -0.15) is 0 Å². The largest absolute Gasteiger partial charge is 0.379 e. The van der Waals surface area contributed by atoms with Gasteiger partial charge in [-0.3, -0.25) is 53.5 Å². The van der Waals surface area contributed by atoms with Crippen molar-refractivity contribution in [1.29, 1.82) is 0 Å². The average molecular weight is 944 g/mol. The maximum Gasteiger partial charge on any atom is 0.268 e. The van der Waals surface area contributed by atoms with Gasteiger partial charge in [0.1, 0.15) is 11.7 Å². The average Bonchev–Trinajstić information content (AvgIpc) is 3.87. The molecule has 8 rings (SSSR count). The highest BCUT2D eigenvalue weighted by molar-refractivity contribution is 6.26. The second-order valence-electron chi connectivity index (χ2n) is 17.8. The third kappa shape index (κ3) is 10.8. The molecule has 1 aromatic heterocycles. The Kier molecular flexibility index (Phi) is 15.1. The van der Waals surface area contributed by atoms with Crippen LogP contribution in [0.15, 0.2) is 78.9 Å². The molecule has 1 saturated carbocycles. The quantitative estimate of drug-likeness (QED) is 0.0637.